The van der Waals surface area contributed by atoms with Gasteiger partial charge in [0.05, 0.1) is 23.0 Å². The van der Waals surface area contributed by atoms with Crippen LogP contribution in [0.2, 0.25) is 0 Å². The Hall–Kier alpha value is -2.88. The minimum Gasteiger partial charge on any atom is -0.298 e. The zero-order valence-electron chi connectivity index (χ0n) is 16.1. The van der Waals surface area contributed by atoms with Gasteiger partial charge >= 0.3 is 0 Å². The number of para-hydroxylation sites is 1. The van der Waals surface area contributed by atoms with Crippen LogP contribution in [0.5, 0.6) is 0 Å². The molecular formula is C21H16BrClN4O3S. The van der Waals surface area contributed by atoms with E-state index < -0.39 is 17.7 Å². The first-order valence-electron chi connectivity index (χ1n) is 8.98. The van der Waals surface area contributed by atoms with Crippen molar-refractivity contribution in [3.63, 3.8) is 0 Å². The molecule has 2 aliphatic rings. The fraction of sp³-hybridized carbons (Fsp3) is 0.0952. The molecule has 7 nitrogen and oxygen atoms in total. The number of anilines is 2. The van der Waals surface area contributed by atoms with Gasteiger partial charge < -0.3 is 0 Å². The van der Waals surface area contributed by atoms with Crippen molar-refractivity contribution in [2.75, 3.05) is 9.91 Å². The van der Waals surface area contributed by atoms with Gasteiger partial charge in [0.1, 0.15) is 5.57 Å². The summed E-state index contributed by atoms with van der Waals surface area (Å²) in [7, 11) is 0. The fourth-order valence-electron chi connectivity index (χ4n) is 3.19. The first kappa shape index (κ1) is 22.8. The van der Waals surface area contributed by atoms with Crippen LogP contribution in [0.25, 0.3) is 0 Å². The molecule has 1 saturated heterocycles. The molecule has 0 radical (unpaired) electrons. The molecule has 0 saturated carbocycles. The second-order valence-corrected chi connectivity index (χ2v) is 7.96. The number of thiocarbonyl (C=S) groups is 1. The molecule has 10 heteroatoms. The summed E-state index contributed by atoms with van der Waals surface area (Å²) in [5, 5.41) is 8.09. The van der Waals surface area contributed by atoms with E-state index in [2.05, 4.69) is 26.3 Å². The molecule has 1 atom stereocenters. The van der Waals surface area contributed by atoms with Crippen LogP contribution < -0.4 is 15.2 Å². The van der Waals surface area contributed by atoms with E-state index in [0.29, 0.717) is 17.1 Å². The average molecular weight is 520 g/mol. The quantitative estimate of drug-likeness (QED) is 0.382. The molecule has 158 valence electrons. The summed E-state index contributed by atoms with van der Waals surface area (Å²) in [6.45, 7) is 1.69. The predicted octanol–water partition coefficient (Wildman–Crippen LogP) is 3.58. The number of halogens is 2. The van der Waals surface area contributed by atoms with Crippen molar-refractivity contribution in [1.82, 2.24) is 5.32 Å². The Labute approximate surface area is 198 Å². The van der Waals surface area contributed by atoms with Gasteiger partial charge in [-0.3, -0.25) is 24.6 Å². The van der Waals surface area contributed by atoms with E-state index in [1.807, 2.05) is 6.07 Å². The minimum atomic E-state index is -0.826. The van der Waals surface area contributed by atoms with Crippen LogP contribution in [0.4, 0.5) is 11.4 Å². The Kier molecular flexibility index (Phi) is 6.68. The molecule has 0 spiro atoms. The summed E-state index contributed by atoms with van der Waals surface area (Å²) in [5.41, 5.74) is 1.45. The van der Waals surface area contributed by atoms with Gasteiger partial charge in [-0.2, -0.15) is 10.1 Å². The first-order valence-corrected chi connectivity index (χ1v) is 10.2. The smallest absolute Gasteiger partial charge is 0.269 e. The molecule has 1 N–H and O–H groups in total. The highest BCUT2D eigenvalue weighted by Crippen LogP contribution is 2.27. The number of amides is 3. The standard InChI is InChI=1S/C21H15BrN4O3S.ClH/c1-12-16(20(29)26(24-12)15-5-3-2-4-6-15)11-17-18(27)23-21(30)25(19(17)28)14-9-7-13(22)8-10-14;/h2-11,16H,1H3,(H,23,27,30);1H/b17-11+;. The molecule has 1 fully saturated rings. The number of carbonyl (C=O) groups excluding carboxylic acids is 3. The van der Waals surface area contributed by atoms with E-state index in [4.69, 9.17) is 12.2 Å². The van der Waals surface area contributed by atoms with Gasteiger partial charge in [0, 0.05) is 4.47 Å². The van der Waals surface area contributed by atoms with Gasteiger partial charge in [-0.15, -0.1) is 12.4 Å². The van der Waals surface area contributed by atoms with Gasteiger partial charge in [-0.1, -0.05) is 34.1 Å². The van der Waals surface area contributed by atoms with Gasteiger partial charge in [-0.05, 0) is 61.6 Å². The Morgan fingerprint density at radius 2 is 1.68 bits per heavy atom. The molecule has 1 unspecified atom stereocenters. The van der Waals surface area contributed by atoms with Crippen LogP contribution in [-0.4, -0.2) is 28.5 Å². The molecule has 2 aliphatic heterocycles. The van der Waals surface area contributed by atoms with E-state index >= 15 is 0 Å². The summed E-state index contributed by atoms with van der Waals surface area (Å²) < 4.78 is 0.839. The van der Waals surface area contributed by atoms with Gasteiger partial charge in [-0.25, -0.2) is 0 Å². The number of hydrogen-bond acceptors (Lipinski definition) is 5. The Morgan fingerprint density at radius 1 is 1.03 bits per heavy atom. The third-order valence-corrected chi connectivity index (χ3v) is 5.52. The van der Waals surface area contributed by atoms with Crippen LogP contribution in [0.3, 0.4) is 0 Å². The highest BCUT2D eigenvalue weighted by molar-refractivity contribution is 9.10. The Morgan fingerprint density at radius 3 is 2.32 bits per heavy atom. The van der Waals surface area contributed by atoms with Crippen LogP contribution in [-0.2, 0) is 14.4 Å². The van der Waals surface area contributed by atoms with E-state index in [-0.39, 0.29) is 29.0 Å². The highest BCUT2D eigenvalue weighted by atomic mass is 79.9. The summed E-state index contributed by atoms with van der Waals surface area (Å²) in [5.74, 6) is -2.40. The second-order valence-electron chi connectivity index (χ2n) is 6.66. The number of hydrogen-bond donors (Lipinski definition) is 1. The number of hydrazone groups is 1. The number of benzene rings is 2. The fourth-order valence-corrected chi connectivity index (χ4v) is 3.74. The zero-order valence-corrected chi connectivity index (χ0v) is 19.3. The monoisotopic (exact) mass is 518 g/mol. The van der Waals surface area contributed by atoms with E-state index in [9.17, 15) is 14.4 Å². The van der Waals surface area contributed by atoms with Crippen molar-refractivity contribution in [2.45, 2.75) is 6.92 Å². The summed E-state index contributed by atoms with van der Waals surface area (Å²) in [6.07, 6.45) is 1.36. The second kappa shape index (κ2) is 9.09. The van der Waals surface area contributed by atoms with Crippen molar-refractivity contribution >= 4 is 80.5 Å². The molecular weight excluding hydrogens is 504 g/mol. The summed E-state index contributed by atoms with van der Waals surface area (Å²) in [4.78, 5) is 39.8. The predicted molar refractivity (Wildman–Crippen MR) is 128 cm³/mol. The van der Waals surface area contributed by atoms with Crippen LogP contribution in [0, 0.1) is 5.92 Å². The Balaban J connectivity index is 0.00000272. The number of carbonyl (C=O) groups is 3. The van der Waals surface area contributed by atoms with E-state index in [0.717, 1.165) is 4.47 Å². The SMILES string of the molecule is CC1=NN(c2ccccc2)C(=O)C1/C=C1\C(=O)NC(=S)N(c2ccc(Br)cc2)C1=O.Cl. The molecule has 2 aromatic rings. The highest BCUT2D eigenvalue weighted by Gasteiger charge is 2.39. The first-order chi connectivity index (χ1) is 14.4. The number of nitrogens with one attached hydrogen (secondary N) is 1. The van der Waals surface area contributed by atoms with Crippen molar-refractivity contribution in [1.29, 1.82) is 0 Å². The molecule has 31 heavy (non-hydrogen) atoms. The average Bonchev–Trinajstić information content (AvgIpc) is 3.01. The van der Waals surface area contributed by atoms with Crippen LogP contribution >= 0.6 is 40.6 Å². The molecule has 2 heterocycles. The van der Waals surface area contributed by atoms with Gasteiger partial charge in [0.15, 0.2) is 5.11 Å². The molecule has 3 amide bonds. The number of nitrogens with zero attached hydrogens (tertiary/aromatic N) is 3. The lowest BCUT2D eigenvalue weighted by Gasteiger charge is -2.29. The summed E-state index contributed by atoms with van der Waals surface area (Å²) in [6, 6.07) is 15.9. The van der Waals surface area contributed by atoms with Crippen LogP contribution in [0.1, 0.15) is 6.92 Å². The van der Waals surface area contributed by atoms with Crippen LogP contribution in [0.15, 0.2) is 75.8 Å². The van der Waals surface area contributed by atoms with Crippen molar-refractivity contribution in [3.05, 3.63) is 70.7 Å². The third-order valence-electron chi connectivity index (χ3n) is 4.70. The van der Waals surface area contributed by atoms with E-state index in [1.165, 1.54) is 16.0 Å². The molecule has 0 aliphatic carbocycles. The van der Waals surface area contributed by atoms with Crippen molar-refractivity contribution in [3.8, 4) is 0 Å². The topological polar surface area (TPSA) is 82.1 Å². The maximum Gasteiger partial charge on any atom is 0.269 e. The van der Waals surface area contributed by atoms with E-state index in [1.54, 1.807) is 55.5 Å². The summed E-state index contributed by atoms with van der Waals surface area (Å²) >= 11 is 8.54. The maximum atomic E-state index is 13.1. The molecule has 2 aromatic carbocycles. The lowest BCUT2D eigenvalue weighted by Crippen LogP contribution is -2.54. The minimum absolute atomic E-state index is 0. The molecule has 4 rings (SSSR count). The lowest BCUT2D eigenvalue weighted by molar-refractivity contribution is -0.122. The third kappa shape index (κ3) is 4.30. The zero-order chi connectivity index (χ0) is 21.4. The largest absolute Gasteiger partial charge is 0.298 e. The Bertz CT molecular complexity index is 1140. The molecule has 0 aromatic heterocycles. The van der Waals surface area contributed by atoms with Crippen molar-refractivity contribution < 1.29 is 14.4 Å². The maximum absolute atomic E-state index is 13.1. The van der Waals surface area contributed by atoms with Gasteiger partial charge in [0.25, 0.3) is 17.7 Å². The number of rotatable bonds is 3. The molecule has 0 bridgehead atoms. The van der Waals surface area contributed by atoms with Gasteiger partial charge in [0.2, 0.25) is 0 Å². The van der Waals surface area contributed by atoms with Crippen molar-refractivity contribution in [2.24, 2.45) is 11.0 Å². The lowest BCUT2D eigenvalue weighted by atomic mass is 9.98. The normalized spacial score (nSPS) is 20.0.